The molecule has 0 saturated carbocycles. The number of nitrogens with zero attached hydrogens (tertiary/aromatic N) is 2. The van der Waals surface area contributed by atoms with Crippen LogP contribution in [0.4, 0.5) is 5.69 Å². The summed E-state index contributed by atoms with van der Waals surface area (Å²) in [6.45, 7) is 1.82. The summed E-state index contributed by atoms with van der Waals surface area (Å²) in [6, 6.07) is 14.7. The molecule has 4 heteroatoms. The molecular formula is C15H13N3O. The van der Waals surface area contributed by atoms with E-state index in [9.17, 15) is 4.79 Å². The lowest BCUT2D eigenvalue weighted by Crippen LogP contribution is -2.22. The van der Waals surface area contributed by atoms with E-state index in [1.54, 1.807) is 22.8 Å². The van der Waals surface area contributed by atoms with Gasteiger partial charge in [-0.25, -0.2) is 4.98 Å². The second-order valence-corrected chi connectivity index (χ2v) is 4.41. The third-order valence-corrected chi connectivity index (χ3v) is 3.07. The molecule has 94 valence electrons. The van der Waals surface area contributed by atoms with E-state index in [4.69, 9.17) is 5.73 Å². The molecule has 0 atom stereocenters. The Morgan fingerprint density at radius 3 is 2.58 bits per heavy atom. The van der Waals surface area contributed by atoms with E-state index < -0.39 is 0 Å². The van der Waals surface area contributed by atoms with Crippen molar-refractivity contribution in [2.24, 2.45) is 0 Å². The van der Waals surface area contributed by atoms with E-state index in [1.807, 2.05) is 37.3 Å². The van der Waals surface area contributed by atoms with Crippen LogP contribution < -0.4 is 11.3 Å². The van der Waals surface area contributed by atoms with Crippen LogP contribution in [-0.4, -0.2) is 9.55 Å². The molecule has 2 N–H and O–H groups in total. The number of hydrogen-bond acceptors (Lipinski definition) is 3. The highest BCUT2D eigenvalue weighted by Gasteiger charge is 2.09. The number of benzene rings is 2. The summed E-state index contributed by atoms with van der Waals surface area (Å²) in [6.07, 6.45) is 0. The van der Waals surface area contributed by atoms with Gasteiger partial charge in [-0.15, -0.1) is 0 Å². The van der Waals surface area contributed by atoms with Gasteiger partial charge in [0.2, 0.25) is 0 Å². The highest BCUT2D eigenvalue weighted by molar-refractivity contribution is 5.81. The SMILES string of the molecule is Cc1nc2ccc(N)cc2c(=O)n1-c1ccccc1. The van der Waals surface area contributed by atoms with Crippen LogP contribution in [0.3, 0.4) is 0 Å². The van der Waals surface area contributed by atoms with Crippen molar-refractivity contribution in [1.29, 1.82) is 0 Å². The van der Waals surface area contributed by atoms with Gasteiger partial charge in [0.05, 0.1) is 16.6 Å². The first kappa shape index (κ1) is 11.5. The van der Waals surface area contributed by atoms with Crippen molar-refractivity contribution in [3.8, 4) is 5.69 Å². The summed E-state index contributed by atoms with van der Waals surface area (Å²) in [5.74, 6) is 0.661. The van der Waals surface area contributed by atoms with Crippen molar-refractivity contribution in [3.63, 3.8) is 0 Å². The Labute approximate surface area is 110 Å². The number of hydrogen-bond donors (Lipinski definition) is 1. The zero-order valence-electron chi connectivity index (χ0n) is 10.5. The van der Waals surface area contributed by atoms with Crippen molar-refractivity contribution in [3.05, 3.63) is 64.7 Å². The average molecular weight is 251 g/mol. The number of para-hydroxylation sites is 1. The summed E-state index contributed by atoms with van der Waals surface area (Å²) >= 11 is 0. The van der Waals surface area contributed by atoms with Crippen LogP contribution in [-0.2, 0) is 0 Å². The molecule has 0 saturated heterocycles. The molecule has 4 nitrogen and oxygen atoms in total. The van der Waals surface area contributed by atoms with Crippen molar-refractivity contribution in [2.75, 3.05) is 5.73 Å². The van der Waals surface area contributed by atoms with Gasteiger partial charge in [-0.3, -0.25) is 9.36 Å². The number of nitrogen functional groups attached to an aromatic ring is 1. The third kappa shape index (κ3) is 1.87. The van der Waals surface area contributed by atoms with Crippen LogP contribution in [0.15, 0.2) is 53.3 Å². The molecule has 0 spiro atoms. The summed E-state index contributed by atoms with van der Waals surface area (Å²) in [4.78, 5) is 17.0. The molecule has 2 aromatic carbocycles. The summed E-state index contributed by atoms with van der Waals surface area (Å²) < 4.78 is 1.60. The Balaban J connectivity index is 2.41. The maximum atomic E-state index is 12.6. The fourth-order valence-electron chi connectivity index (χ4n) is 2.20. The normalized spacial score (nSPS) is 10.8. The van der Waals surface area contributed by atoms with Gasteiger partial charge in [-0.05, 0) is 37.3 Å². The average Bonchev–Trinajstić information content (AvgIpc) is 2.41. The molecule has 1 aromatic heterocycles. The Morgan fingerprint density at radius 1 is 1.11 bits per heavy atom. The van der Waals surface area contributed by atoms with Gasteiger partial charge < -0.3 is 5.73 Å². The highest BCUT2D eigenvalue weighted by Crippen LogP contribution is 2.14. The summed E-state index contributed by atoms with van der Waals surface area (Å²) in [5, 5.41) is 0.537. The molecule has 0 bridgehead atoms. The van der Waals surface area contributed by atoms with Crippen LogP contribution in [0.2, 0.25) is 0 Å². The predicted octanol–water partition coefficient (Wildman–Crippen LogP) is 2.28. The van der Waals surface area contributed by atoms with E-state index in [2.05, 4.69) is 4.98 Å². The Morgan fingerprint density at radius 2 is 1.84 bits per heavy atom. The first-order valence-electron chi connectivity index (χ1n) is 6.01. The van der Waals surface area contributed by atoms with Gasteiger partial charge in [0.15, 0.2) is 0 Å². The zero-order valence-corrected chi connectivity index (χ0v) is 10.5. The number of aryl methyl sites for hydroxylation is 1. The molecule has 0 aliphatic carbocycles. The van der Waals surface area contributed by atoms with Gasteiger partial charge >= 0.3 is 0 Å². The predicted molar refractivity (Wildman–Crippen MR) is 76.5 cm³/mol. The Hall–Kier alpha value is -2.62. The summed E-state index contributed by atoms with van der Waals surface area (Å²) in [5.41, 5.74) is 7.69. The standard InChI is InChI=1S/C15H13N3O/c1-10-17-14-8-7-11(16)9-13(14)15(19)18(10)12-5-3-2-4-6-12/h2-9H,16H2,1H3. The van der Waals surface area contributed by atoms with Gasteiger partial charge in [0.25, 0.3) is 5.56 Å². The molecule has 0 aliphatic rings. The smallest absolute Gasteiger partial charge is 0.266 e. The van der Waals surface area contributed by atoms with E-state index in [0.717, 1.165) is 5.69 Å². The maximum Gasteiger partial charge on any atom is 0.266 e. The van der Waals surface area contributed by atoms with Crippen molar-refractivity contribution < 1.29 is 0 Å². The van der Waals surface area contributed by atoms with E-state index in [0.29, 0.717) is 22.4 Å². The van der Waals surface area contributed by atoms with Crippen LogP contribution in [0.25, 0.3) is 16.6 Å². The van der Waals surface area contributed by atoms with E-state index >= 15 is 0 Å². The van der Waals surface area contributed by atoms with Gasteiger partial charge in [-0.1, -0.05) is 18.2 Å². The molecule has 1 heterocycles. The van der Waals surface area contributed by atoms with Gasteiger partial charge in [0.1, 0.15) is 5.82 Å². The van der Waals surface area contributed by atoms with E-state index in [1.165, 1.54) is 0 Å². The van der Waals surface area contributed by atoms with Crippen LogP contribution in [0, 0.1) is 6.92 Å². The van der Waals surface area contributed by atoms with Gasteiger partial charge in [-0.2, -0.15) is 0 Å². The Bertz CT molecular complexity index is 807. The fraction of sp³-hybridized carbons (Fsp3) is 0.0667. The Kier molecular flexibility index (Phi) is 2.56. The minimum atomic E-state index is -0.0963. The van der Waals surface area contributed by atoms with Crippen LogP contribution in [0.5, 0.6) is 0 Å². The molecule has 0 radical (unpaired) electrons. The summed E-state index contributed by atoms with van der Waals surface area (Å²) in [7, 11) is 0. The zero-order chi connectivity index (χ0) is 13.4. The molecule has 0 fully saturated rings. The molecule has 0 aliphatic heterocycles. The lowest BCUT2D eigenvalue weighted by atomic mass is 10.2. The lowest BCUT2D eigenvalue weighted by molar-refractivity contribution is 0.895. The minimum Gasteiger partial charge on any atom is -0.399 e. The van der Waals surface area contributed by atoms with Crippen molar-refractivity contribution in [2.45, 2.75) is 6.92 Å². The quantitative estimate of drug-likeness (QED) is 0.675. The number of anilines is 1. The van der Waals surface area contributed by atoms with Crippen molar-refractivity contribution in [1.82, 2.24) is 9.55 Å². The first-order valence-corrected chi connectivity index (χ1v) is 6.01. The minimum absolute atomic E-state index is 0.0963. The van der Waals surface area contributed by atoms with E-state index in [-0.39, 0.29) is 5.56 Å². The monoisotopic (exact) mass is 251 g/mol. The number of aromatic nitrogens is 2. The topological polar surface area (TPSA) is 60.9 Å². The number of rotatable bonds is 1. The first-order chi connectivity index (χ1) is 9.16. The molecule has 3 rings (SSSR count). The molecule has 19 heavy (non-hydrogen) atoms. The third-order valence-electron chi connectivity index (χ3n) is 3.07. The molecular weight excluding hydrogens is 238 g/mol. The van der Waals surface area contributed by atoms with Crippen LogP contribution >= 0.6 is 0 Å². The molecule has 3 aromatic rings. The molecule has 0 unspecified atom stereocenters. The molecule has 0 amide bonds. The number of nitrogens with two attached hydrogens (primary N) is 1. The maximum absolute atomic E-state index is 12.6. The van der Waals surface area contributed by atoms with Crippen molar-refractivity contribution >= 4 is 16.6 Å². The second-order valence-electron chi connectivity index (χ2n) is 4.41. The number of fused-ring (bicyclic) bond motifs is 1. The second kappa shape index (κ2) is 4.24. The van der Waals surface area contributed by atoms with Crippen LogP contribution in [0.1, 0.15) is 5.82 Å². The fourth-order valence-corrected chi connectivity index (χ4v) is 2.20. The van der Waals surface area contributed by atoms with Gasteiger partial charge in [0, 0.05) is 5.69 Å². The lowest BCUT2D eigenvalue weighted by Gasteiger charge is -2.10. The largest absolute Gasteiger partial charge is 0.399 e. The highest BCUT2D eigenvalue weighted by atomic mass is 16.1.